The summed E-state index contributed by atoms with van der Waals surface area (Å²) in [6.07, 6.45) is 0. The number of nitrogens with zero attached hydrogens (tertiary/aromatic N) is 1. The second-order valence-electron chi connectivity index (χ2n) is 5.84. The Kier molecular flexibility index (Phi) is 5.76. The highest BCUT2D eigenvalue weighted by Gasteiger charge is 2.28. The first-order chi connectivity index (χ1) is 9.74. The van der Waals surface area contributed by atoms with Crippen LogP contribution in [0.1, 0.15) is 39.3 Å². The summed E-state index contributed by atoms with van der Waals surface area (Å²) in [5, 5.41) is 2.72. The highest BCUT2D eigenvalue weighted by molar-refractivity contribution is 5.84. The van der Waals surface area contributed by atoms with E-state index in [0.717, 1.165) is 0 Å². The number of urea groups is 1. The first-order valence-corrected chi connectivity index (χ1v) is 7.04. The van der Waals surface area contributed by atoms with Crippen LogP contribution < -0.4 is 5.32 Å². The number of ether oxygens (including phenoxy) is 1. The number of amides is 2. The van der Waals surface area contributed by atoms with Gasteiger partial charge in [0.25, 0.3) is 0 Å². The molecule has 0 unspecified atom stereocenters. The van der Waals surface area contributed by atoms with Crippen molar-refractivity contribution in [1.82, 2.24) is 10.2 Å². The SMILES string of the molecule is CCN(C)C(=O)N[C@H](C(=O)OC(C)(C)C)c1ccccc1. The molecule has 0 fully saturated rings. The Labute approximate surface area is 126 Å². The summed E-state index contributed by atoms with van der Waals surface area (Å²) in [5.74, 6) is -0.466. The topological polar surface area (TPSA) is 58.6 Å². The zero-order chi connectivity index (χ0) is 16.0. The van der Waals surface area contributed by atoms with Gasteiger partial charge < -0.3 is 15.0 Å². The van der Waals surface area contributed by atoms with Crippen molar-refractivity contribution in [2.24, 2.45) is 0 Å². The van der Waals surface area contributed by atoms with Gasteiger partial charge in [-0.05, 0) is 33.3 Å². The van der Waals surface area contributed by atoms with Crippen molar-refractivity contribution in [2.75, 3.05) is 13.6 Å². The molecule has 0 radical (unpaired) electrons. The van der Waals surface area contributed by atoms with Crippen molar-refractivity contribution in [3.63, 3.8) is 0 Å². The molecule has 116 valence electrons. The van der Waals surface area contributed by atoms with E-state index in [-0.39, 0.29) is 6.03 Å². The van der Waals surface area contributed by atoms with Gasteiger partial charge in [-0.2, -0.15) is 0 Å². The molecule has 1 aromatic carbocycles. The Balaban J connectivity index is 2.96. The third kappa shape index (κ3) is 5.45. The lowest BCUT2D eigenvalue weighted by Crippen LogP contribution is -2.43. The highest BCUT2D eigenvalue weighted by Crippen LogP contribution is 2.18. The molecule has 0 aliphatic rings. The standard InChI is InChI=1S/C16H24N2O3/c1-6-18(5)15(20)17-13(12-10-8-7-9-11-12)14(19)21-16(2,3)4/h7-11,13H,6H2,1-5H3,(H,17,20)/t13-/m0/s1. The molecule has 1 atom stereocenters. The van der Waals surface area contributed by atoms with E-state index in [1.165, 1.54) is 4.90 Å². The van der Waals surface area contributed by atoms with E-state index < -0.39 is 17.6 Å². The minimum Gasteiger partial charge on any atom is -0.458 e. The Morgan fingerprint density at radius 2 is 1.81 bits per heavy atom. The smallest absolute Gasteiger partial charge is 0.333 e. The average molecular weight is 292 g/mol. The van der Waals surface area contributed by atoms with Crippen molar-refractivity contribution in [1.29, 1.82) is 0 Å². The molecule has 0 heterocycles. The van der Waals surface area contributed by atoms with Gasteiger partial charge in [-0.1, -0.05) is 30.3 Å². The molecule has 0 saturated heterocycles. The van der Waals surface area contributed by atoms with Gasteiger partial charge in [-0.15, -0.1) is 0 Å². The summed E-state index contributed by atoms with van der Waals surface area (Å²) in [4.78, 5) is 25.9. The van der Waals surface area contributed by atoms with Crippen molar-refractivity contribution in [2.45, 2.75) is 39.3 Å². The first kappa shape index (κ1) is 17.0. The maximum absolute atomic E-state index is 12.4. The molecule has 1 rings (SSSR count). The zero-order valence-electron chi connectivity index (χ0n) is 13.3. The number of esters is 1. The zero-order valence-corrected chi connectivity index (χ0v) is 13.3. The molecule has 0 spiro atoms. The summed E-state index contributed by atoms with van der Waals surface area (Å²) in [5.41, 5.74) is 0.0931. The summed E-state index contributed by atoms with van der Waals surface area (Å²) in [7, 11) is 1.67. The minimum atomic E-state index is -0.813. The molecule has 0 aliphatic carbocycles. The Hall–Kier alpha value is -2.04. The van der Waals surface area contributed by atoms with Gasteiger partial charge in [0.05, 0.1) is 0 Å². The van der Waals surface area contributed by atoms with Crippen LogP contribution in [0.3, 0.4) is 0 Å². The van der Waals surface area contributed by atoms with Crippen LogP contribution in [0.4, 0.5) is 4.79 Å². The molecule has 21 heavy (non-hydrogen) atoms. The van der Waals surface area contributed by atoms with Gasteiger partial charge in [0.2, 0.25) is 0 Å². The van der Waals surface area contributed by atoms with E-state index in [9.17, 15) is 9.59 Å². The van der Waals surface area contributed by atoms with Crippen LogP contribution in [-0.4, -0.2) is 36.1 Å². The highest BCUT2D eigenvalue weighted by atomic mass is 16.6. The van der Waals surface area contributed by atoms with Gasteiger partial charge in [0, 0.05) is 13.6 Å². The number of carbonyl (C=O) groups excluding carboxylic acids is 2. The minimum absolute atomic E-state index is 0.308. The molecule has 5 nitrogen and oxygen atoms in total. The largest absolute Gasteiger partial charge is 0.458 e. The van der Waals surface area contributed by atoms with E-state index >= 15 is 0 Å². The summed E-state index contributed by atoms with van der Waals surface area (Å²) in [6, 6.07) is 7.96. The van der Waals surface area contributed by atoms with Crippen LogP contribution in [0.2, 0.25) is 0 Å². The van der Waals surface area contributed by atoms with Crippen LogP contribution in [0.15, 0.2) is 30.3 Å². The lowest BCUT2D eigenvalue weighted by Gasteiger charge is -2.26. The van der Waals surface area contributed by atoms with E-state index in [4.69, 9.17) is 4.74 Å². The van der Waals surface area contributed by atoms with Gasteiger partial charge in [-0.3, -0.25) is 0 Å². The number of hydrogen-bond donors (Lipinski definition) is 1. The van der Waals surface area contributed by atoms with E-state index in [1.54, 1.807) is 40.0 Å². The Morgan fingerprint density at radius 1 is 1.24 bits per heavy atom. The average Bonchev–Trinajstić information content (AvgIpc) is 2.42. The van der Waals surface area contributed by atoms with Crippen LogP contribution in [0.25, 0.3) is 0 Å². The molecule has 2 amide bonds. The fourth-order valence-corrected chi connectivity index (χ4v) is 1.66. The van der Waals surface area contributed by atoms with Gasteiger partial charge in [0.1, 0.15) is 5.60 Å². The number of carbonyl (C=O) groups is 2. The normalized spacial score (nSPS) is 12.4. The lowest BCUT2D eigenvalue weighted by atomic mass is 10.1. The number of hydrogen-bond acceptors (Lipinski definition) is 3. The quantitative estimate of drug-likeness (QED) is 0.868. The lowest BCUT2D eigenvalue weighted by molar-refractivity contribution is -0.157. The van der Waals surface area contributed by atoms with Gasteiger partial charge in [-0.25, -0.2) is 9.59 Å². The first-order valence-electron chi connectivity index (χ1n) is 7.04. The monoisotopic (exact) mass is 292 g/mol. The van der Waals surface area contributed by atoms with E-state index in [0.29, 0.717) is 12.1 Å². The molecule has 1 aromatic rings. The Bertz CT molecular complexity index is 480. The van der Waals surface area contributed by atoms with Crippen LogP contribution in [-0.2, 0) is 9.53 Å². The molecule has 1 N–H and O–H groups in total. The van der Waals surface area contributed by atoms with Crippen molar-refractivity contribution < 1.29 is 14.3 Å². The maximum atomic E-state index is 12.4. The van der Waals surface area contributed by atoms with Crippen molar-refractivity contribution >= 4 is 12.0 Å². The second kappa shape index (κ2) is 7.11. The van der Waals surface area contributed by atoms with Crippen molar-refractivity contribution in [3.8, 4) is 0 Å². The number of nitrogens with one attached hydrogen (secondary N) is 1. The fraction of sp³-hybridized carbons (Fsp3) is 0.500. The predicted octanol–water partition coefficient (Wildman–Crippen LogP) is 2.73. The van der Waals surface area contributed by atoms with Crippen LogP contribution in [0, 0.1) is 0 Å². The van der Waals surface area contributed by atoms with E-state index in [2.05, 4.69) is 5.32 Å². The third-order valence-corrected chi connectivity index (χ3v) is 2.86. The van der Waals surface area contributed by atoms with Crippen LogP contribution in [0.5, 0.6) is 0 Å². The Morgan fingerprint density at radius 3 is 2.29 bits per heavy atom. The fourth-order valence-electron chi connectivity index (χ4n) is 1.66. The van der Waals surface area contributed by atoms with Crippen molar-refractivity contribution in [3.05, 3.63) is 35.9 Å². The summed E-state index contributed by atoms with van der Waals surface area (Å²) >= 11 is 0. The predicted molar refractivity (Wildman–Crippen MR) is 81.9 cm³/mol. The maximum Gasteiger partial charge on any atom is 0.333 e. The van der Waals surface area contributed by atoms with Gasteiger partial charge >= 0.3 is 12.0 Å². The number of rotatable bonds is 4. The van der Waals surface area contributed by atoms with Gasteiger partial charge in [0.15, 0.2) is 6.04 Å². The molecular formula is C16H24N2O3. The molecule has 0 bridgehead atoms. The molecule has 5 heteroatoms. The van der Waals surface area contributed by atoms with E-state index in [1.807, 2.05) is 25.1 Å². The summed E-state index contributed by atoms with van der Waals surface area (Å²) < 4.78 is 5.40. The molecule has 0 aliphatic heterocycles. The molecule has 0 saturated carbocycles. The summed E-state index contributed by atoms with van der Waals surface area (Å²) in [6.45, 7) is 7.82. The molecule has 0 aromatic heterocycles. The molecular weight excluding hydrogens is 268 g/mol. The number of benzene rings is 1. The van der Waals surface area contributed by atoms with Crippen LogP contribution >= 0.6 is 0 Å². The third-order valence-electron chi connectivity index (χ3n) is 2.86. The second-order valence-corrected chi connectivity index (χ2v) is 5.84.